The van der Waals surface area contributed by atoms with Gasteiger partial charge in [-0.3, -0.25) is 0 Å². The fraction of sp³-hybridized carbons (Fsp3) is 0.500. The Morgan fingerprint density at radius 2 is 1.97 bits per heavy atom. The SMILES string of the molecule is COCOc1cc(C(F)(F)F)cc(C)c1-c1nnc2c(ncn2[C@@H]2CCCN(C)C2)c1OC. The second-order valence-electron chi connectivity index (χ2n) is 8.18. The second kappa shape index (κ2) is 9.14. The Balaban J connectivity index is 1.86. The number of fused-ring (bicyclic) bond motifs is 1. The molecule has 33 heavy (non-hydrogen) atoms. The van der Waals surface area contributed by atoms with Gasteiger partial charge in [0.2, 0.25) is 0 Å². The third-order valence-corrected chi connectivity index (χ3v) is 5.84. The minimum atomic E-state index is -4.53. The minimum absolute atomic E-state index is 0.0236. The van der Waals surface area contributed by atoms with E-state index in [1.165, 1.54) is 14.2 Å². The fourth-order valence-electron chi connectivity index (χ4n) is 4.32. The van der Waals surface area contributed by atoms with Gasteiger partial charge in [-0.15, -0.1) is 10.2 Å². The number of halogens is 3. The normalized spacial score (nSPS) is 17.5. The van der Waals surface area contributed by atoms with Gasteiger partial charge in [0.05, 0.1) is 24.6 Å². The van der Waals surface area contributed by atoms with Crippen molar-refractivity contribution < 1.29 is 27.4 Å². The van der Waals surface area contributed by atoms with Gasteiger partial charge in [-0.25, -0.2) is 4.98 Å². The molecule has 178 valence electrons. The molecule has 0 aliphatic carbocycles. The number of likely N-dealkylation sites (N-methyl/N-ethyl adjacent to an activating group) is 1. The molecular formula is C22H26F3N5O3. The maximum absolute atomic E-state index is 13.4. The highest BCUT2D eigenvalue weighted by Crippen LogP contribution is 2.43. The highest BCUT2D eigenvalue weighted by atomic mass is 19.4. The van der Waals surface area contributed by atoms with E-state index in [2.05, 4.69) is 27.1 Å². The number of benzene rings is 1. The summed E-state index contributed by atoms with van der Waals surface area (Å²) in [5, 5.41) is 8.77. The molecule has 1 aliphatic heterocycles. The lowest BCUT2D eigenvalue weighted by Gasteiger charge is -2.30. The highest BCUT2D eigenvalue weighted by Gasteiger charge is 2.33. The van der Waals surface area contributed by atoms with Crippen LogP contribution in [-0.2, 0) is 10.9 Å². The van der Waals surface area contributed by atoms with Crippen LogP contribution in [0.2, 0.25) is 0 Å². The molecule has 3 heterocycles. The third kappa shape index (κ3) is 4.47. The zero-order valence-electron chi connectivity index (χ0n) is 18.9. The van der Waals surface area contributed by atoms with Crippen LogP contribution in [0.4, 0.5) is 13.2 Å². The van der Waals surface area contributed by atoms with Gasteiger partial charge in [-0.1, -0.05) is 0 Å². The van der Waals surface area contributed by atoms with E-state index in [1.807, 2.05) is 4.57 Å². The van der Waals surface area contributed by atoms with Gasteiger partial charge in [0.25, 0.3) is 0 Å². The summed E-state index contributed by atoms with van der Waals surface area (Å²) in [4.78, 5) is 6.78. The number of alkyl halides is 3. The monoisotopic (exact) mass is 465 g/mol. The summed E-state index contributed by atoms with van der Waals surface area (Å²) in [7, 11) is 4.94. The molecule has 0 bridgehead atoms. The molecule has 1 saturated heterocycles. The summed E-state index contributed by atoms with van der Waals surface area (Å²) in [6.45, 7) is 3.24. The molecule has 8 nitrogen and oxygen atoms in total. The molecule has 1 atom stereocenters. The van der Waals surface area contributed by atoms with Crippen molar-refractivity contribution in [2.75, 3.05) is 41.1 Å². The van der Waals surface area contributed by atoms with Crippen LogP contribution in [-0.4, -0.2) is 65.8 Å². The minimum Gasteiger partial charge on any atom is -0.492 e. The van der Waals surface area contributed by atoms with Crippen LogP contribution in [0.25, 0.3) is 22.4 Å². The number of ether oxygens (including phenoxy) is 3. The second-order valence-corrected chi connectivity index (χ2v) is 8.18. The number of rotatable bonds is 6. The van der Waals surface area contributed by atoms with Crippen molar-refractivity contribution in [2.45, 2.75) is 32.0 Å². The maximum Gasteiger partial charge on any atom is 0.416 e. The molecule has 11 heteroatoms. The number of hydrogen-bond acceptors (Lipinski definition) is 7. The Kier molecular flexibility index (Phi) is 6.44. The van der Waals surface area contributed by atoms with Gasteiger partial charge in [-0.2, -0.15) is 13.2 Å². The predicted octanol–water partition coefficient (Wildman–Crippen LogP) is 4.08. The summed E-state index contributed by atoms with van der Waals surface area (Å²) in [6.07, 6.45) is -0.749. The van der Waals surface area contributed by atoms with E-state index < -0.39 is 11.7 Å². The largest absolute Gasteiger partial charge is 0.492 e. The first-order valence-corrected chi connectivity index (χ1v) is 10.5. The summed E-state index contributed by atoms with van der Waals surface area (Å²) >= 11 is 0. The van der Waals surface area contributed by atoms with Crippen molar-refractivity contribution >= 4 is 11.2 Å². The Labute approximate surface area is 189 Å². The third-order valence-electron chi connectivity index (χ3n) is 5.84. The average molecular weight is 465 g/mol. The molecule has 2 aromatic heterocycles. The van der Waals surface area contributed by atoms with Gasteiger partial charge in [0.15, 0.2) is 23.7 Å². The number of aryl methyl sites for hydroxylation is 1. The van der Waals surface area contributed by atoms with Crippen LogP contribution in [0, 0.1) is 6.92 Å². The smallest absolute Gasteiger partial charge is 0.416 e. The summed E-state index contributed by atoms with van der Waals surface area (Å²) in [5.41, 5.74) is 1.16. The molecular weight excluding hydrogens is 439 g/mol. The number of imidazole rings is 1. The Morgan fingerprint density at radius 1 is 1.18 bits per heavy atom. The summed E-state index contributed by atoms with van der Waals surface area (Å²) in [6, 6.07) is 2.19. The van der Waals surface area contributed by atoms with Crippen LogP contribution < -0.4 is 9.47 Å². The lowest BCUT2D eigenvalue weighted by Crippen LogP contribution is -2.33. The molecule has 0 unspecified atom stereocenters. The molecule has 0 spiro atoms. The van der Waals surface area contributed by atoms with Crippen molar-refractivity contribution in [3.05, 3.63) is 29.6 Å². The molecule has 1 aliphatic rings. The number of methoxy groups -OCH3 is 2. The molecule has 0 radical (unpaired) electrons. The van der Waals surface area contributed by atoms with E-state index in [0.29, 0.717) is 28.0 Å². The van der Waals surface area contributed by atoms with E-state index in [0.717, 1.165) is 38.1 Å². The Hall–Kier alpha value is -2.92. The average Bonchev–Trinajstić information content (AvgIpc) is 3.20. The lowest BCUT2D eigenvalue weighted by molar-refractivity contribution is -0.137. The number of nitrogens with zero attached hydrogens (tertiary/aromatic N) is 5. The first kappa shape index (κ1) is 23.2. The highest BCUT2D eigenvalue weighted by molar-refractivity contribution is 5.88. The molecule has 1 aromatic carbocycles. The number of hydrogen-bond donors (Lipinski definition) is 0. The Morgan fingerprint density at radius 3 is 2.64 bits per heavy atom. The maximum atomic E-state index is 13.4. The van der Waals surface area contributed by atoms with Crippen molar-refractivity contribution in [1.82, 2.24) is 24.6 Å². The molecule has 1 fully saturated rings. The Bertz CT molecular complexity index is 1150. The van der Waals surface area contributed by atoms with Crippen molar-refractivity contribution in [3.8, 4) is 22.8 Å². The predicted molar refractivity (Wildman–Crippen MR) is 115 cm³/mol. The first-order valence-electron chi connectivity index (χ1n) is 10.5. The first-order chi connectivity index (χ1) is 15.7. The zero-order chi connectivity index (χ0) is 23.8. The lowest BCUT2D eigenvalue weighted by atomic mass is 9.99. The van der Waals surface area contributed by atoms with Gasteiger partial charge in [-0.05, 0) is 51.1 Å². The van der Waals surface area contributed by atoms with E-state index in [1.54, 1.807) is 13.3 Å². The molecule has 0 N–H and O–H groups in total. The van der Waals surface area contributed by atoms with Crippen LogP contribution in [0.1, 0.15) is 30.0 Å². The number of likely N-dealkylation sites (tertiary alicyclic amines) is 1. The summed E-state index contributed by atoms with van der Waals surface area (Å²) in [5.74, 6) is 0.303. The van der Waals surface area contributed by atoms with Crippen molar-refractivity contribution in [1.29, 1.82) is 0 Å². The number of aromatic nitrogens is 4. The van der Waals surface area contributed by atoms with Gasteiger partial charge < -0.3 is 23.7 Å². The van der Waals surface area contributed by atoms with E-state index in [4.69, 9.17) is 14.2 Å². The molecule has 4 rings (SSSR count). The van der Waals surface area contributed by atoms with Gasteiger partial charge in [0, 0.05) is 19.7 Å². The summed E-state index contributed by atoms with van der Waals surface area (Å²) < 4.78 is 58.3. The molecule has 0 saturated carbocycles. The van der Waals surface area contributed by atoms with E-state index >= 15 is 0 Å². The molecule has 0 amide bonds. The molecule has 3 aromatic rings. The van der Waals surface area contributed by atoms with Crippen molar-refractivity contribution in [3.63, 3.8) is 0 Å². The quantitative estimate of drug-likeness (QED) is 0.508. The van der Waals surface area contributed by atoms with E-state index in [9.17, 15) is 13.2 Å². The van der Waals surface area contributed by atoms with Crippen LogP contribution in [0.5, 0.6) is 11.5 Å². The van der Waals surface area contributed by atoms with Gasteiger partial charge in [0.1, 0.15) is 11.4 Å². The van der Waals surface area contributed by atoms with Crippen molar-refractivity contribution in [2.24, 2.45) is 0 Å². The van der Waals surface area contributed by atoms with Crippen LogP contribution in [0.15, 0.2) is 18.5 Å². The number of piperidine rings is 1. The standard InChI is InChI=1S/C22H26F3N5O3/c1-13-8-14(22(23,24)25)9-16(33-12-31-3)17(13)18-20(32-4)19-21(28-27-18)30(11-26-19)15-6-5-7-29(2)10-15/h8-9,11,15H,5-7,10,12H2,1-4H3/t15-/m1/s1. The van der Waals surface area contributed by atoms with Gasteiger partial charge >= 0.3 is 6.18 Å². The topological polar surface area (TPSA) is 74.5 Å². The van der Waals surface area contributed by atoms with Crippen LogP contribution >= 0.6 is 0 Å². The van der Waals surface area contributed by atoms with Crippen LogP contribution in [0.3, 0.4) is 0 Å². The zero-order valence-corrected chi connectivity index (χ0v) is 18.9. The fourth-order valence-corrected chi connectivity index (χ4v) is 4.32. The van der Waals surface area contributed by atoms with E-state index in [-0.39, 0.29) is 24.3 Å².